The molecule has 1 aromatic heterocycles. The average Bonchev–Trinajstić information content (AvgIpc) is 2.65. The van der Waals surface area contributed by atoms with Gasteiger partial charge in [-0.3, -0.25) is 4.79 Å². The van der Waals surface area contributed by atoms with Gasteiger partial charge in [0.05, 0.1) is 11.0 Å². The van der Waals surface area contributed by atoms with E-state index in [4.69, 9.17) is 4.74 Å². The van der Waals surface area contributed by atoms with Crippen molar-refractivity contribution >= 4 is 27.8 Å². The van der Waals surface area contributed by atoms with Crippen LogP contribution in [-0.4, -0.2) is 10.5 Å². The SMILES string of the molecule is Cc1cccc(OC(=O)Cn2c3ccccc3c(=O)c3ccccc32)c1. The molecule has 0 unspecified atom stereocenters. The number of aromatic nitrogens is 1. The van der Waals surface area contributed by atoms with Gasteiger partial charge in [-0.2, -0.15) is 0 Å². The molecule has 4 rings (SSSR count). The number of hydrogen-bond acceptors (Lipinski definition) is 3. The van der Waals surface area contributed by atoms with E-state index >= 15 is 0 Å². The Bertz CT molecular complexity index is 1130. The molecule has 0 amide bonds. The van der Waals surface area contributed by atoms with Gasteiger partial charge in [0.1, 0.15) is 12.3 Å². The monoisotopic (exact) mass is 343 g/mol. The van der Waals surface area contributed by atoms with Crippen molar-refractivity contribution in [1.82, 2.24) is 4.57 Å². The largest absolute Gasteiger partial charge is 0.425 e. The van der Waals surface area contributed by atoms with Crippen molar-refractivity contribution in [3.05, 3.63) is 88.6 Å². The molecule has 0 aliphatic rings. The second-order valence-corrected chi connectivity index (χ2v) is 6.24. The van der Waals surface area contributed by atoms with E-state index in [9.17, 15) is 9.59 Å². The molecule has 4 aromatic rings. The maximum Gasteiger partial charge on any atom is 0.331 e. The Morgan fingerprint density at radius 3 is 2.12 bits per heavy atom. The molecule has 0 atom stereocenters. The first-order chi connectivity index (χ1) is 12.6. The lowest BCUT2D eigenvalue weighted by atomic mass is 10.1. The van der Waals surface area contributed by atoms with Crippen LogP contribution in [0.25, 0.3) is 21.8 Å². The van der Waals surface area contributed by atoms with Gasteiger partial charge >= 0.3 is 5.97 Å². The van der Waals surface area contributed by atoms with E-state index < -0.39 is 0 Å². The molecule has 4 nitrogen and oxygen atoms in total. The van der Waals surface area contributed by atoms with Crippen molar-refractivity contribution < 1.29 is 9.53 Å². The summed E-state index contributed by atoms with van der Waals surface area (Å²) in [7, 11) is 0. The number of esters is 1. The highest BCUT2D eigenvalue weighted by atomic mass is 16.5. The predicted octanol–water partition coefficient (Wildman–Crippen LogP) is 4.07. The van der Waals surface area contributed by atoms with E-state index in [0.29, 0.717) is 16.5 Å². The van der Waals surface area contributed by atoms with Crippen LogP contribution in [0.1, 0.15) is 5.56 Å². The van der Waals surface area contributed by atoms with Gasteiger partial charge in [0.25, 0.3) is 0 Å². The molecular weight excluding hydrogens is 326 g/mol. The first-order valence-electron chi connectivity index (χ1n) is 8.41. The maximum atomic E-state index is 12.7. The molecule has 1 heterocycles. The number of aryl methyl sites for hydroxylation is 1. The van der Waals surface area contributed by atoms with Crippen LogP contribution >= 0.6 is 0 Å². The van der Waals surface area contributed by atoms with Crippen molar-refractivity contribution in [1.29, 1.82) is 0 Å². The van der Waals surface area contributed by atoms with Gasteiger partial charge in [0.15, 0.2) is 5.43 Å². The van der Waals surface area contributed by atoms with E-state index in [2.05, 4.69) is 0 Å². The second-order valence-electron chi connectivity index (χ2n) is 6.24. The van der Waals surface area contributed by atoms with Gasteiger partial charge in [-0.1, -0.05) is 36.4 Å². The zero-order chi connectivity index (χ0) is 18.1. The summed E-state index contributed by atoms with van der Waals surface area (Å²) in [4.78, 5) is 25.3. The number of para-hydroxylation sites is 2. The second kappa shape index (κ2) is 6.48. The number of fused-ring (bicyclic) bond motifs is 2. The smallest absolute Gasteiger partial charge is 0.331 e. The van der Waals surface area contributed by atoms with Crippen LogP contribution in [0.3, 0.4) is 0 Å². The number of pyridine rings is 1. The number of carbonyl (C=O) groups is 1. The predicted molar refractivity (Wildman–Crippen MR) is 103 cm³/mol. The Hall–Kier alpha value is -3.40. The highest BCUT2D eigenvalue weighted by Crippen LogP contribution is 2.20. The Morgan fingerprint density at radius 1 is 0.885 bits per heavy atom. The summed E-state index contributed by atoms with van der Waals surface area (Å²) in [5.74, 6) is 0.138. The van der Waals surface area contributed by atoms with Crippen molar-refractivity contribution in [2.45, 2.75) is 13.5 Å². The minimum absolute atomic E-state index is 0.0231. The van der Waals surface area contributed by atoms with Crippen LogP contribution in [0.2, 0.25) is 0 Å². The Kier molecular flexibility index (Phi) is 4.01. The molecule has 0 fully saturated rings. The lowest BCUT2D eigenvalue weighted by Crippen LogP contribution is -2.19. The third-order valence-corrected chi connectivity index (χ3v) is 4.39. The molecule has 0 radical (unpaired) electrons. The third-order valence-electron chi connectivity index (χ3n) is 4.39. The molecule has 3 aromatic carbocycles. The normalized spacial score (nSPS) is 11.0. The van der Waals surface area contributed by atoms with E-state index in [1.165, 1.54) is 0 Å². The Labute approximate surface area is 150 Å². The first kappa shape index (κ1) is 16.1. The molecule has 0 spiro atoms. The number of hydrogen-bond donors (Lipinski definition) is 0. The lowest BCUT2D eigenvalue weighted by Gasteiger charge is -2.14. The zero-order valence-electron chi connectivity index (χ0n) is 14.3. The number of rotatable bonds is 3. The number of benzene rings is 3. The van der Waals surface area contributed by atoms with Gasteiger partial charge < -0.3 is 9.30 Å². The summed E-state index contributed by atoms with van der Waals surface area (Å²) >= 11 is 0. The lowest BCUT2D eigenvalue weighted by molar-refractivity contribution is -0.134. The Morgan fingerprint density at radius 2 is 1.50 bits per heavy atom. The van der Waals surface area contributed by atoms with Gasteiger partial charge in [-0.25, -0.2) is 4.79 Å². The van der Waals surface area contributed by atoms with Gasteiger partial charge in [0.2, 0.25) is 0 Å². The molecular formula is C22H17NO3. The third kappa shape index (κ3) is 2.86. The fourth-order valence-corrected chi connectivity index (χ4v) is 3.22. The zero-order valence-corrected chi connectivity index (χ0v) is 14.3. The molecule has 0 N–H and O–H groups in total. The summed E-state index contributed by atoms with van der Waals surface area (Å²) in [6.07, 6.45) is 0. The fourth-order valence-electron chi connectivity index (χ4n) is 3.22. The van der Waals surface area contributed by atoms with Crippen LogP contribution in [0, 0.1) is 6.92 Å². The van der Waals surface area contributed by atoms with E-state index in [1.807, 2.05) is 66.1 Å². The van der Waals surface area contributed by atoms with Crippen LogP contribution in [-0.2, 0) is 11.3 Å². The van der Waals surface area contributed by atoms with Gasteiger partial charge in [0, 0.05) is 10.8 Å². The van der Waals surface area contributed by atoms with Crippen molar-refractivity contribution in [2.75, 3.05) is 0 Å². The van der Waals surface area contributed by atoms with E-state index in [-0.39, 0.29) is 17.9 Å². The fraction of sp³-hybridized carbons (Fsp3) is 0.0909. The van der Waals surface area contributed by atoms with Gasteiger partial charge in [-0.05, 0) is 48.9 Å². The highest BCUT2D eigenvalue weighted by molar-refractivity contribution is 5.94. The summed E-state index contributed by atoms with van der Waals surface area (Å²) in [5, 5.41) is 1.18. The Balaban J connectivity index is 1.81. The van der Waals surface area contributed by atoms with Gasteiger partial charge in [-0.15, -0.1) is 0 Å². The van der Waals surface area contributed by atoms with Crippen molar-refractivity contribution in [2.24, 2.45) is 0 Å². The standard InChI is InChI=1S/C22H17NO3/c1-15-7-6-8-16(13-15)26-21(24)14-23-19-11-4-2-9-17(19)22(25)18-10-3-5-12-20(18)23/h2-13H,14H2,1H3. The minimum atomic E-state index is -0.380. The maximum absolute atomic E-state index is 12.7. The number of nitrogens with zero attached hydrogens (tertiary/aromatic N) is 1. The van der Waals surface area contributed by atoms with Crippen LogP contribution in [0.15, 0.2) is 77.6 Å². The topological polar surface area (TPSA) is 48.3 Å². The molecule has 0 saturated heterocycles. The summed E-state index contributed by atoms with van der Waals surface area (Å²) in [6, 6.07) is 22.0. The summed E-state index contributed by atoms with van der Waals surface area (Å²) in [6.45, 7) is 1.97. The average molecular weight is 343 g/mol. The number of carbonyl (C=O) groups excluding carboxylic acids is 1. The highest BCUT2D eigenvalue weighted by Gasteiger charge is 2.14. The minimum Gasteiger partial charge on any atom is -0.425 e. The van der Waals surface area contributed by atoms with E-state index in [1.54, 1.807) is 18.2 Å². The van der Waals surface area contributed by atoms with Crippen molar-refractivity contribution in [3.63, 3.8) is 0 Å². The molecule has 26 heavy (non-hydrogen) atoms. The van der Waals surface area contributed by atoms with Crippen LogP contribution in [0.5, 0.6) is 5.75 Å². The van der Waals surface area contributed by atoms with Crippen molar-refractivity contribution in [3.8, 4) is 5.75 Å². The molecule has 0 saturated carbocycles. The van der Waals surface area contributed by atoms with E-state index in [0.717, 1.165) is 16.6 Å². The summed E-state index contributed by atoms with van der Waals surface area (Å²) in [5.41, 5.74) is 2.43. The quantitative estimate of drug-likeness (QED) is 0.320. The molecule has 0 aliphatic heterocycles. The molecule has 0 bridgehead atoms. The molecule has 128 valence electrons. The molecule has 4 heteroatoms. The summed E-state index contributed by atoms with van der Waals surface area (Å²) < 4.78 is 7.33. The van der Waals surface area contributed by atoms with Crippen LogP contribution in [0.4, 0.5) is 0 Å². The number of ether oxygens (including phenoxy) is 1. The first-order valence-corrected chi connectivity index (χ1v) is 8.41. The molecule has 0 aliphatic carbocycles. The van der Waals surface area contributed by atoms with Crippen LogP contribution < -0.4 is 10.2 Å².